The highest BCUT2D eigenvalue weighted by molar-refractivity contribution is 5.82. The highest BCUT2D eigenvalue weighted by Crippen LogP contribution is 2.27. The van der Waals surface area contributed by atoms with Gasteiger partial charge in [-0.05, 0) is 67.6 Å². The molecule has 6 rings (SSSR count). The molecule has 0 spiro atoms. The fraction of sp³-hybridized carbons (Fsp3) is 0.412. The molecular weight excluding hydrogens is 567 g/mol. The Morgan fingerprint density at radius 1 is 0.909 bits per heavy atom. The summed E-state index contributed by atoms with van der Waals surface area (Å²) in [6.45, 7) is 11.7. The van der Waals surface area contributed by atoms with Crippen molar-refractivity contribution in [1.29, 1.82) is 0 Å². The van der Waals surface area contributed by atoms with Crippen LogP contribution in [0.5, 0.6) is 0 Å². The number of carboxylic acid groups (broad SMARTS) is 1. The van der Waals surface area contributed by atoms with Crippen LogP contribution in [-0.2, 0) is 11.3 Å². The van der Waals surface area contributed by atoms with Crippen LogP contribution in [0.1, 0.15) is 24.0 Å². The Balaban J connectivity index is 0.000000493. The molecule has 7 nitrogen and oxygen atoms in total. The van der Waals surface area contributed by atoms with Gasteiger partial charge in [0.25, 0.3) is 0 Å². The third-order valence-electron chi connectivity index (χ3n) is 8.51. The number of H-pyrrole nitrogens is 1. The van der Waals surface area contributed by atoms with Gasteiger partial charge in [0, 0.05) is 51.4 Å². The summed E-state index contributed by atoms with van der Waals surface area (Å²) in [6.07, 6.45) is -2.32. The maximum absolute atomic E-state index is 10.6. The SMILES string of the molecule is Cc1cccc2[nH]c(-c3ccc(-c4ccc(CN5CCN(CC6CCCN(C)C6)CC5)cc4)cc3)nc12.O=C(O)C(F)(F)F. The van der Waals surface area contributed by atoms with Crippen molar-refractivity contribution in [3.05, 3.63) is 77.9 Å². The van der Waals surface area contributed by atoms with Gasteiger partial charge in [0.2, 0.25) is 0 Å². The Bertz CT molecular complexity index is 1530. The number of piperidine rings is 1. The van der Waals surface area contributed by atoms with Crippen molar-refractivity contribution < 1.29 is 23.1 Å². The van der Waals surface area contributed by atoms with Crippen LogP contribution in [0.4, 0.5) is 13.2 Å². The molecule has 0 saturated carbocycles. The van der Waals surface area contributed by atoms with Crippen molar-refractivity contribution in [3.63, 3.8) is 0 Å². The van der Waals surface area contributed by atoms with Gasteiger partial charge in [-0.3, -0.25) is 4.90 Å². The molecule has 2 saturated heterocycles. The van der Waals surface area contributed by atoms with Gasteiger partial charge < -0.3 is 19.9 Å². The summed E-state index contributed by atoms with van der Waals surface area (Å²) in [5.74, 6) is -0.973. The highest BCUT2D eigenvalue weighted by Gasteiger charge is 2.38. The fourth-order valence-corrected chi connectivity index (χ4v) is 6.11. The van der Waals surface area contributed by atoms with E-state index in [1.807, 2.05) is 0 Å². The van der Waals surface area contributed by atoms with Crippen LogP contribution in [0, 0.1) is 12.8 Å². The Morgan fingerprint density at radius 3 is 2.09 bits per heavy atom. The van der Waals surface area contributed by atoms with E-state index >= 15 is 0 Å². The number of halogens is 3. The summed E-state index contributed by atoms with van der Waals surface area (Å²) < 4.78 is 31.7. The minimum atomic E-state index is -5.08. The first-order valence-electron chi connectivity index (χ1n) is 15.1. The Kier molecular flexibility index (Phi) is 10.0. The molecule has 0 amide bonds. The molecule has 10 heteroatoms. The van der Waals surface area contributed by atoms with Crippen LogP contribution in [0.25, 0.3) is 33.5 Å². The average molecular weight is 608 g/mol. The molecule has 2 N–H and O–H groups in total. The van der Waals surface area contributed by atoms with Gasteiger partial charge >= 0.3 is 12.1 Å². The number of hydrogen-bond donors (Lipinski definition) is 2. The number of aryl methyl sites for hydroxylation is 1. The second-order valence-corrected chi connectivity index (χ2v) is 12.0. The number of benzene rings is 3. The summed E-state index contributed by atoms with van der Waals surface area (Å²) in [4.78, 5) is 25.0. The zero-order valence-electron chi connectivity index (χ0n) is 25.3. The van der Waals surface area contributed by atoms with E-state index in [1.54, 1.807) is 0 Å². The molecule has 44 heavy (non-hydrogen) atoms. The Labute approximate surface area is 256 Å². The quantitative estimate of drug-likeness (QED) is 0.268. The predicted octanol–water partition coefficient (Wildman–Crippen LogP) is 6.30. The Morgan fingerprint density at radius 2 is 1.50 bits per heavy atom. The van der Waals surface area contributed by atoms with E-state index in [0.717, 1.165) is 34.9 Å². The van der Waals surface area contributed by atoms with Gasteiger partial charge in [-0.2, -0.15) is 13.2 Å². The number of fused-ring (bicyclic) bond motifs is 1. The number of para-hydroxylation sites is 1. The van der Waals surface area contributed by atoms with Crippen molar-refractivity contribution in [2.24, 2.45) is 5.92 Å². The average Bonchev–Trinajstić information content (AvgIpc) is 3.45. The van der Waals surface area contributed by atoms with E-state index < -0.39 is 12.1 Å². The van der Waals surface area contributed by atoms with Gasteiger partial charge in [0.1, 0.15) is 5.82 Å². The van der Waals surface area contributed by atoms with E-state index in [2.05, 4.69) is 100 Å². The Hall–Kier alpha value is -3.73. The molecule has 1 unspecified atom stereocenters. The number of carboxylic acids is 1. The number of carbonyl (C=O) groups is 1. The first kappa shape index (κ1) is 31.7. The van der Waals surface area contributed by atoms with E-state index in [0.29, 0.717) is 0 Å². The summed E-state index contributed by atoms with van der Waals surface area (Å²) in [7, 11) is 2.27. The lowest BCUT2D eigenvalue weighted by molar-refractivity contribution is -0.192. The lowest BCUT2D eigenvalue weighted by atomic mass is 9.97. The monoisotopic (exact) mass is 607 g/mol. The zero-order valence-corrected chi connectivity index (χ0v) is 25.3. The number of hydrogen-bond acceptors (Lipinski definition) is 5. The summed E-state index contributed by atoms with van der Waals surface area (Å²) in [5, 5.41) is 7.12. The van der Waals surface area contributed by atoms with Crippen molar-refractivity contribution >= 4 is 17.0 Å². The lowest BCUT2D eigenvalue weighted by Gasteiger charge is -2.38. The largest absolute Gasteiger partial charge is 0.490 e. The molecule has 0 aliphatic carbocycles. The van der Waals surface area contributed by atoms with Gasteiger partial charge in [0.15, 0.2) is 0 Å². The van der Waals surface area contributed by atoms with Crippen LogP contribution in [0.2, 0.25) is 0 Å². The molecular formula is C34H40F3N5O2. The van der Waals surface area contributed by atoms with Crippen molar-refractivity contribution in [3.8, 4) is 22.5 Å². The molecule has 0 bridgehead atoms. The number of aliphatic carboxylic acids is 1. The normalized spacial score (nSPS) is 18.6. The molecule has 1 atom stereocenters. The first-order chi connectivity index (χ1) is 21.0. The molecule has 2 aliphatic heterocycles. The molecule has 3 heterocycles. The van der Waals surface area contributed by atoms with Gasteiger partial charge in [-0.25, -0.2) is 9.78 Å². The highest BCUT2D eigenvalue weighted by atomic mass is 19.4. The van der Waals surface area contributed by atoms with E-state index in [4.69, 9.17) is 14.9 Å². The molecule has 2 fully saturated rings. The second-order valence-electron chi connectivity index (χ2n) is 12.0. The summed E-state index contributed by atoms with van der Waals surface area (Å²) in [6, 6.07) is 24.1. The second kappa shape index (κ2) is 13.9. The van der Waals surface area contributed by atoms with Crippen molar-refractivity contribution in [2.75, 3.05) is 52.9 Å². The van der Waals surface area contributed by atoms with Gasteiger partial charge in [-0.1, -0.05) is 60.7 Å². The first-order valence-corrected chi connectivity index (χ1v) is 15.1. The van der Waals surface area contributed by atoms with E-state index in [9.17, 15) is 13.2 Å². The van der Waals surface area contributed by atoms with E-state index in [-0.39, 0.29) is 0 Å². The van der Waals surface area contributed by atoms with Crippen molar-refractivity contribution in [2.45, 2.75) is 32.5 Å². The molecule has 3 aromatic carbocycles. The van der Waals surface area contributed by atoms with Gasteiger partial charge in [0.05, 0.1) is 11.0 Å². The molecule has 2 aliphatic rings. The van der Waals surface area contributed by atoms with Crippen LogP contribution in [-0.4, -0.2) is 94.8 Å². The predicted molar refractivity (Wildman–Crippen MR) is 167 cm³/mol. The number of rotatable bonds is 6. The van der Waals surface area contributed by atoms with Gasteiger partial charge in [-0.15, -0.1) is 0 Å². The van der Waals surface area contributed by atoms with Crippen LogP contribution in [0.15, 0.2) is 66.7 Å². The standard InChI is InChI=1S/C32H39N5.C2HF3O2/c1-24-5-3-7-30-31(24)34-32(33-30)29-14-12-28(13-15-29)27-10-8-25(9-11-27)22-36-17-19-37(20-18-36)23-26-6-4-16-35(2)21-26;3-2(4,5)1(6)7/h3,5,7-15,26H,4,6,16-23H2,1-2H3,(H,33,34);(H,6,7). The lowest BCUT2D eigenvalue weighted by Crippen LogP contribution is -2.48. The zero-order chi connectivity index (χ0) is 31.3. The molecule has 4 aromatic rings. The number of aromatic nitrogens is 2. The third kappa shape index (κ3) is 8.25. The number of nitrogens with one attached hydrogen (secondary N) is 1. The number of aromatic amines is 1. The topological polar surface area (TPSA) is 75.7 Å². The maximum atomic E-state index is 10.6. The molecule has 234 valence electrons. The fourth-order valence-electron chi connectivity index (χ4n) is 6.11. The van der Waals surface area contributed by atoms with Crippen LogP contribution < -0.4 is 0 Å². The van der Waals surface area contributed by atoms with Crippen molar-refractivity contribution in [1.82, 2.24) is 24.7 Å². The van der Waals surface area contributed by atoms with Crippen LogP contribution >= 0.6 is 0 Å². The smallest absolute Gasteiger partial charge is 0.475 e. The molecule has 0 radical (unpaired) electrons. The molecule has 1 aromatic heterocycles. The number of imidazole rings is 1. The number of alkyl halides is 3. The summed E-state index contributed by atoms with van der Waals surface area (Å²) in [5.41, 5.74) is 8.36. The van der Waals surface area contributed by atoms with E-state index in [1.165, 1.54) is 80.9 Å². The summed E-state index contributed by atoms with van der Waals surface area (Å²) >= 11 is 0. The minimum absolute atomic E-state index is 0.856. The number of likely N-dealkylation sites (tertiary alicyclic amines) is 1. The maximum Gasteiger partial charge on any atom is 0.490 e. The minimum Gasteiger partial charge on any atom is -0.475 e. The third-order valence-corrected chi connectivity index (χ3v) is 8.51. The number of nitrogens with zero attached hydrogens (tertiary/aromatic N) is 4. The number of piperazine rings is 1. The van der Waals surface area contributed by atoms with Crippen LogP contribution in [0.3, 0.4) is 0 Å².